The van der Waals surface area contributed by atoms with E-state index in [1.807, 2.05) is 28.8 Å². The molecule has 2 aromatic heterocycles. The molecule has 0 aromatic carbocycles. The predicted molar refractivity (Wildman–Crippen MR) is 91.3 cm³/mol. The zero-order valence-corrected chi connectivity index (χ0v) is 14.4. The van der Waals surface area contributed by atoms with Crippen molar-refractivity contribution in [1.29, 1.82) is 0 Å². The molecule has 24 heavy (non-hydrogen) atoms. The molecule has 7 heteroatoms. The predicted octanol–water partition coefficient (Wildman–Crippen LogP) is 3.03. The van der Waals surface area contributed by atoms with Crippen molar-refractivity contribution in [3.05, 3.63) is 41.3 Å². The maximum absolute atomic E-state index is 13.0. The molecule has 1 aliphatic rings. The van der Waals surface area contributed by atoms with Crippen molar-refractivity contribution >= 4 is 17.5 Å². The third-order valence-electron chi connectivity index (χ3n) is 4.16. The Morgan fingerprint density at radius 3 is 3.04 bits per heavy atom. The molecule has 1 aliphatic heterocycles. The average Bonchev–Trinajstić information content (AvgIpc) is 3.10. The molecule has 1 fully saturated rings. The molecule has 0 saturated carbocycles. The van der Waals surface area contributed by atoms with Gasteiger partial charge >= 0.3 is 0 Å². The highest BCUT2D eigenvalue weighted by Crippen LogP contribution is 2.25. The Hall–Kier alpha value is -2.08. The summed E-state index contributed by atoms with van der Waals surface area (Å²) in [6.45, 7) is 3.76. The van der Waals surface area contributed by atoms with Crippen LogP contribution in [0.15, 0.2) is 30.6 Å². The number of aromatic nitrogens is 3. The molecule has 3 heterocycles. The number of amides is 1. The van der Waals surface area contributed by atoms with E-state index in [0.29, 0.717) is 30.6 Å². The third-order valence-corrected chi connectivity index (χ3v) is 4.47. The smallest absolute Gasteiger partial charge is 0.274 e. The van der Waals surface area contributed by atoms with Gasteiger partial charge in [0.25, 0.3) is 5.91 Å². The van der Waals surface area contributed by atoms with E-state index in [2.05, 4.69) is 10.1 Å². The second kappa shape index (κ2) is 7.66. The summed E-state index contributed by atoms with van der Waals surface area (Å²) < 4.78 is 7.26. The molecule has 0 N–H and O–H groups in total. The van der Waals surface area contributed by atoms with Gasteiger partial charge in [0.1, 0.15) is 0 Å². The van der Waals surface area contributed by atoms with E-state index in [4.69, 9.17) is 16.3 Å². The maximum atomic E-state index is 13.0. The van der Waals surface area contributed by atoms with Gasteiger partial charge in [-0.05, 0) is 38.3 Å². The number of halogens is 1. The number of pyridine rings is 1. The number of hydrogen-bond acceptors (Lipinski definition) is 4. The second-order valence-corrected chi connectivity index (χ2v) is 6.20. The van der Waals surface area contributed by atoms with Gasteiger partial charge in [-0.2, -0.15) is 5.10 Å². The summed E-state index contributed by atoms with van der Waals surface area (Å²) in [5, 5.41) is 4.60. The van der Waals surface area contributed by atoms with E-state index in [-0.39, 0.29) is 17.6 Å². The van der Waals surface area contributed by atoms with Crippen LogP contribution in [0.5, 0.6) is 5.88 Å². The zero-order chi connectivity index (χ0) is 16.9. The van der Waals surface area contributed by atoms with E-state index in [0.717, 1.165) is 19.3 Å². The van der Waals surface area contributed by atoms with Crippen LogP contribution >= 0.6 is 11.6 Å². The first kappa shape index (κ1) is 16.8. The molecule has 0 bridgehead atoms. The fourth-order valence-electron chi connectivity index (χ4n) is 3.02. The summed E-state index contributed by atoms with van der Waals surface area (Å²) in [5.41, 5.74) is 0.259. The van der Waals surface area contributed by atoms with Crippen molar-refractivity contribution in [3.63, 3.8) is 0 Å². The molecule has 2 aromatic rings. The summed E-state index contributed by atoms with van der Waals surface area (Å²) in [6, 6.07) is 5.33. The summed E-state index contributed by atoms with van der Waals surface area (Å²) in [6.07, 6.45) is 6.71. The minimum atomic E-state index is -0.140. The van der Waals surface area contributed by atoms with E-state index in [1.54, 1.807) is 18.3 Å². The quantitative estimate of drug-likeness (QED) is 0.833. The first-order chi connectivity index (χ1) is 11.7. The molecule has 0 spiro atoms. The summed E-state index contributed by atoms with van der Waals surface area (Å²) >= 11 is 6.22. The molecule has 1 saturated heterocycles. The van der Waals surface area contributed by atoms with E-state index < -0.39 is 0 Å². The highest BCUT2D eigenvalue weighted by atomic mass is 35.5. The van der Waals surface area contributed by atoms with Gasteiger partial charge in [0.15, 0.2) is 5.69 Å². The molecule has 1 atom stereocenters. The Labute approximate surface area is 146 Å². The maximum Gasteiger partial charge on any atom is 0.274 e. The topological polar surface area (TPSA) is 60.2 Å². The number of hydrogen-bond donors (Lipinski definition) is 0. The van der Waals surface area contributed by atoms with Crippen LogP contribution in [0.25, 0.3) is 0 Å². The van der Waals surface area contributed by atoms with Gasteiger partial charge in [0.2, 0.25) is 5.88 Å². The van der Waals surface area contributed by atoms with Crippen molar-refractivity contribution < 1.29 is 9.53 Å². The third kappa shape index (κ3) is 3.70. The van der Waals surface area contributed by atoms with Crippen molar-refractivity contribution in [2.75, 3.05) is 13.2 Å². The highest BCUT2D eigenvalue weighted by Gasteiger charge is 2.30. The van der Waals surface area contributed by atoms with Crippen LogP contribution in [0.2, 0.25) is 5.02 Å². The van der Waals surface area contributed by atoms with Crippen molar-refractivity contribution in [3.8, 4) is 5.88 Å². The number of ether oxygens (including phenoxy) is 1. The average molecular weight is 349 g/mol. The lowest BCUT2D eigenvalue weighted by atomic mass is 10.0. The normalized spacial score (nSPS) is 17.8. The Balaban J connectivity index is 1.82. The molecule has 0 aliphatic carbocycles. The number of likely N-dealkylation sites (tertiary alicyclic amines) is 1. The van der Waals surface area contributed by atoms with Crippen molar-refractivity contribution in [1.82, 2.24) is 19.7 Å². The first-order valence-corrected chi connectivity index (χ1v) is 8.64. The van der Waals surface area contributed by atoms with Crippen LogP contribution < -0.4 is 4.74 Å². The lowest BCUT2D eigenvalue weighted by molar-refractivity contribution is 0.0577. The second-order valence-electron chi connectivity index (χ2n) is 5.79. The van der Waals surface area contributed by atoms with Crippen LogP contribution in [-0.4, -0.2) is 44.8 Å². The fraction of sp³-hybridized carbons (Fsp3) is 0.471. The van der Waals surface area contributed by atoms with Gasteiger partial charge in [-0.1, -0.05) is 11.6 Å². The summed E-state index contributed by atoms with van der Waals surface area (Å²) in [5.74, 6) is 0.282. The lowest BCUT2D eigenvalue weighted by Crippen LogP contribution is -2.46. The van der Waals surface area contributed by atoms with Crippen LogP contribution in [0, 0.1) is 0 Å². The number of piperidine rings is 1. The van der Waals surface area contributed by atoms with Gasteiger partial charge in [0, 0.05) is 25.0 Å². The van der Waals surface area contributed by atoms with Gasteiger partial charge < -0.3 is 9.64 Å². The number of carbonyl (C=O) groups is 1. The summed E-state index contributed by atoms with van der Waals surface area (Å²) in [7, 11) is 0. The van der Waals surface area contributed by atoms with E-state index >= 15 is 0 Å². The standard InChI is InChI=1S/C17H21ClN4O2/c1-2-24-15-8-7-14(18)16(20-15)17(23)22-11-4-3-6-13(22)12-21-10-5-9-19-21/h5,7-10,13H,2-4,6,11-12H2,1H3. The fourth-order valence-corrected chi connectivity index (χ4v) is 3.21. The van der Waals surface area contributed by atoms with E-state index in [9.17, 15) is 4.79 Å². The minimum absolute atomic E-state index is 0.0970. The van der Waals surface area contributed by atoms with Crippen LogP contribution in [0.1, 0.15) is 36.7 Å². The minimum Gasteiger partial charge on any atom is -0.478 e. The largest absolute Gasteiger partial charge is 0.478 e. The van der Waals surface area contributed by atoms with Gasteiger partial charge in [-0.3, -0.25) is 9.48 Å². The van der Waals surface area contributed by atoms with Gasteiger partial charge in [-0.25, -0.2) is 4.98 Å². The molecule has 6 nitrogen and oxygen atoms in total. The highest BCUT2D eigenvalue weighted by molar-refractivity contribution is 6.33. The molecular formula is C17H21ClN4O2. The number of nitrogens with zero attached hydrogens (tertiary/aromatic N) is 4. The molecule has 1 amide bonds. The summed E-state index contributed by atoms with van der Waals surface area (Å²) in [4.78, 5) is 19.2. The van der Waals surface area contributed by atoms with Crippen LogP contribution in [0.4, 0.5) is 0 Å². The number of rotatable bonds is 5. The number of carbonyl (C=O) groups excluding carboxylic acids is 1. The van der Waals surface area contributed by atoms with Crippen molar-refractivity contribution in [2.24, 2.45) is 0 Å². The molecule has 1 unspecified atom stereocenters. The Morgan fingerprint density at radius 2 is 2.29 bits per heavy atom. The Bertz CT molecular complexity index is 690. The van der Waals surface area contributed by atoms with Gasteiger partial charge in [-0.15, -0.1) is 0 Å². The first-order valence-electron chi connectivity index (χ1n) is 8.26. The Morgan fingerprint density at radius 1 is 1.42 bits per heavy atom. The molecule has 128 valence electrons. The molecule has 3 rings (SSSR count). The lowest BCUT2D eigenvalue weighted by Gasteiger charge is -2.35. The Kier molecular flexibility index (Phi) is 5.35. The SMILES string of the molecule is CCOc1ccc(Cl)c(C(=O)N2CCCCC2Cn2cccn2)n1. The van der Waals surface area contributed by atoms with Crippen LogP contribution in [-0.2, 0) is 6.54 Å². The monoisotopic (exact) mass is 348 g/mol. The van der Waals surface area contributed by atoms with E-state index in [1.165, 1.54) is 0 Å². The molecule has 0 radical (unpaired) electrons. The van der Waals surface area contributed by atoms with Gasteiger partial charge in [0.05, 0.1) is 24.2 Å². The molecular weight excluding hydrogens is 328 g/mol. The van der Waals surface area contributed by atoms with Crippen molar-refractivity contribution in [2.45, 2.75) is 38.8 Å². The van der Waals surface area contributed by atoms with Crippen LogP contribution in [0.3, 0.4) is 0 Å². The zero-order valence-electron chi connectivity index (χ0n) is 13.7.